The SMILES string of the molecule is CNC(CCc1cccs1)C12CC3CC(CC(C3)C1)C2. The highest BCUT2D eigenvalue weighted by Gasteiger charge is 2.53. The molecule has 1 nitrogen and oxygen atoms in total. The van der Waals surface area contributed by atoms with E-state index in [0.717, 1.165) is 23.8 Å². The minimum atomic E-state index is 0.654. The van der Waals surface area contributed by atoms with Gasteiger partial charge < -0.3 is 5.32 Å². The number of hydrogen-bond acceptors (Lipinski definition) is 2. The standard InChI is InChI=1S/C18H27NS/c1-19-17(5-4-16-3-2-6-20-16)18-10-13-7-14(11-18)9-15(8-13)12-18/h2-3,6,13-15,17,19H,4-5,7-12H2,1H3. The number of aryl methyl sites for hydroxylation is 1. The minimum absolute atomic E-state index is 0.654. The van der Waals surface area contributed by atoms with Gasteiger partial charge in [-0.3, -0.25) is 0 Å². The van der Waals surface area contributed by atoms with Crippen molar-refractivity contribution in [1.29, 1.82) is 0 Å². The maximum Gasteiger partial charge on any atom is 0.0124 e. The molecule has 2 heteroatoms. The van der Waals surface area contributed by atoms with Crippen LogP contribution in [0.2, 0.25) is 0 Å². The van der Waals surface area contributed by atoms with E-state index in [1.807, 2.05) is 11.3 Å². The summed E-state index contributed by atoms with van der Waals surface area (Å²) in [5, 5.41) is 5.94. The lowest BCUT2D eigenvalue weighted by atomic mass is 9.47. The Hall–Kier alpha value is -0.340. The van der Waals surface area contributed by atoms with Crippen molar-refractivity contribution in [3.8, 4) is 0 Å². The van der Waals surface area contributed by atoms with E-state index in [2.05, 4.69) is 29.9 Å². The summed E-state index contributed by atoms with van der Waals surface area (Å²) in [6, 6.07) is 5.24. The lowest BCUT2D eigenvalue weighted by Gasteiger charge is -2.59. The molecule has 0 aliphatic heterocycles. The second-order valence-electron chi connectivity index (χ2n) is 7.74. The summed E-state index contributed by atoms with van der Waals surface area (Å²) in [4.78, 5) is 1.56. The number of hydrogen-bond donors (Lipinski definition) is 1. The molecule has 4 fully saturated rings. The summed E-state index contributed by atoms with van der Waals surface area (Å²) < 4.78 is 0. The third-order valence-electron chi connectivity index (χ3n) is 6.43. The summed E-state index contributed by atoms with van der Waals surface area (Å²) in [6.45, 7) is 0. The Balaban J connectivity index is 1.49. The van der Waals surface area contributed by atoms with Gasteiger partial charge in [0.05, 0.1) is 0 Å². The first-order valence-electron chi connectivity index (χ1n) is 8.47. The van der Waals surface area contributed by atoms with Gasteiger partial charge in [-0.1, -0.05) is 6.07 Å². The van der Waals surface area contributed by atoms with Crippen LogP contribution in [0.25, 0.3) is 0 Å². The van der Waals surface area contributed by atoms with Crippen LogP contribution in [-0.2, 0) is 6.42 Å². The Morgan fingerprint density at radius 1 is 1.20 bits per heavy atom. The third-order valence-corrected chi connectivity index (χ3v) is 7.37. The molecule has 0 amide bonds. The molecule has 5 rings (SSSR count). The van der Waals surface area contributed by atoms with Crippen molar-refractivity contribution in [2.75, 3.05) is 7.05 Å². The fourth-order valence-corrected chi connectivity index (χ4v) is 6.83. The molecular formula is C18H27NS. The van der Waals surface area contributed by atoms with Crippen LogP contribution in [0.3, 0.4) is 0 Å². The van der Waals surface area contributed by atoms with E-state index in [4.69, 9.17) is 0 Å². The number of thiophene rings is 1. The van der Waals surface area contributed by atoms with Crippen molar-refractivity contribution >= 4 is 11.3 Å². The van der Waals surface area contributed by atoms with Crippen molar-refractivity contribution in [1.82, 2.24) is 5.32 Å². The van der Waals surface area contributed by atoms with E-state index in [-0.39, 0.29) is 0 Å². The van der Waals surface area contributed by atoms with Crippen LogP contribution in [-0.4, -0.2) is 13.1 Å². The van der Waals surface area contributed by atoms with Gasteiger partial charge in [0.15, 0.2) is 0 Å². The van der Waals surface area contributed by atoms with Crippen LogP contribution < -0.4 is 5.32 Å². The van der Waals surface area contributed by atoms with E-state index in [0.29, 0.717) is 5.41 Å². The zero-order valence-corrected chi connectivity index (χ0v) is 13.4. The smallest absolute Gasteiger partial charge is 0.0124 e. The summed E-state index contributed by atoms with van der Waals surface area (Å²) >= 11 is 1.92. The van der Waals surface area contributed by atoms with Crippen LogP contribution in [0, 0.1) is 23.2 Å². The molecule has 1 aromatic rings. The second kappa shape index (κ2) is 5.14. The van der Waals surface area contributed by atoms with E-state index >= 15 is 0 Å². The normalized spacial score (nSPS) is 40.1. The quantitative estimate of drug-likeness (QED) is 0.842. The predicted molar refractivity (Wildman–Crippen MR) is 86.1 cm³/mol. The van der Waals surface area contributed by atoms with Crippen molar-refractivity contribution in [2.24, 2.45) is 23.2 Å². The molecule has 1 N–H and O–H groups in total. The topological polar surface area (TPSA) is 12.0 Å². The maximum atomic E-state index is 3.73. The van der Waals surface area contributed by atoms with Crippen molar-refractivity contribution < 1.29 is 0 Å². The lowest BCUT2D eigenvalue weighted by Crippen LogP contribution is -2.55. The Labute approximate surface area is 127 Å². The molecule has 1 heterocycles. The molecule has 4 aliphatic rings. The molecule has 20 heavy (non-hydrogen) atoms. The first-order chi connectivity index (χ1) is 9.77. The first kappa shape index (κ1) is 13.3. The minimum Gasteiger partial charge on any atom is -0.316 e. The fourth-order valence-electron chi connectivity index (χ4n) is 6.10. The Morgan fingerprint density at radius 3 is 2.35 bits per heavy atom. The van der Waals surface area contributed by atoms with Gasteiger partial charge in [-0.2, -0.15) is 0 Å². The van der Waals surface area contributed by atoms with Crippen molar-refractivity contribution in [2.45, 2.75) is 57.4 Å². The summed E-state index contributed by atoms with van der Waals surface area (Å²) in [6.07, 6.45) is 11.8. The highest BCUT2D eigenvalue weighted by Crippen LogP contribution is 2.61. The molecule has 0 spiro atoms. The molecule has 1 atom stereocenters. The molecule has 4 aliphatic carbocycles. The molecule has 0 radical (unpaired) electrons. The van der Waals surface area contributed by atoms with Gasteiger partial charge in [-0.15, -0.1) is 11.3 Å². The second-order valence-corrected chi connectivity index (χ2v) is 8.77. The van der Waals surface area contributed by atoms with Crippen molar-refractivity contribution in [3.05, 3.63) is 22.4 Å². The Kier molecular flexibility index (Phi) is 3.42. The molecular weight excluding hydrogens is 262 g/mol. The summed E-state index contributed by atoms with van der Waals surface area (Å²) in [5.74, 6) is 3.21. The number of nitrogens with one attached hydrogen (secondary N) is 1. The van der Waals surface area contributed by atoms with Gasteiger partial charge in [-0.25, -0.2) is 0 Å². The van der Waals surface area contributed by atoms with E-state index in [9.17, 15) is 0 Å². The van der Waals surface area contributed by atoms with Crippen LogP contribution in [0.15, 0.2) is 17.5 Å². The molecule has 110 valence electrons. The molecule has 4 bridgehead atoms. The van der Waals surface area contributed by atoms with E-state index in [1.54, 1.807) is 24.1 Å². The van der Waals surface area contributed by atoms with Crippen LogP contribution >= 0.6 is 11.3 Å². The van der Waals surface area contributed by atoms with Crippen LogP contribution in [0.1, 0.15) is 49.8 Å². The molecule has 0 aromatic carbocycles. The number of rotatable bonds is 5. The Morgan fingerprint density at radius 2 is 1.85 bits per heavy atom. The van der Waals surface area contributed by atoms with Gasteiger partial charge in [0.2, 0.25) is 0 Å². The predicted octanol–water partition coefficient (Wildman–Crippen LogP) is 4.49. The van der Waals surface area contributed by atoms with Crippen molar-refractivity contribution in [3.63, 3.8) is 0 Å². The van der Waals surface area contributed by atoms with Gasteiger partial charge in [0.1, 0.15) is 0 Å². The largest absolute Gasteiger partial charge is 0.316 e. The van der Waals surface area contributed by atoms with E-state index < -0.39 is 0 Å². The average molecular weight is 289 g/mol. The van der Waals surface area contributed by atoms with Gasteiger partial charge in [-0.05, 0) is 93.0 Å². The Bertz CT molecular complexity index is 415. The van der Waals surface area contributed by atoms with Gasteiger partial charge in [0, 0.05) is 10.9 Å². The monoisotopic (exact) mass is 289 g/mol. The average Bonchev–Trinajstić information content (AvgIpc) is 2.90. The fraction of sp³-hybridized carbons (Fsp3) is 0.778. The first-order valence-corrected chi connectivity index (χ1v) is 9.35. The zero-order chi connectivity index (χ0) is 13.6. The third kappa shape index (κ3) is 2.25. The van der Waals surface area contributed by atoms with Crippen LogP contribution in [0.4, 0.5) is 0 Å². The maximum absolute atomic E-state index is 3.73. The van der Waals surface area contributed by atoms with Gasteiger partial charge >= 0.3 is 0 Å². The highest BCUT2D eigenvalue weighted by atomic mass is 32.1. The molecule has 0 saturated heterocycles. The van der Waals surface area contributed by atoms with E-state index in [1.165, 1.54) is 32.1 Å². The molecule has 1 unspecified atom stereocenters. The summed E-state index contributed by atoms with van der Waals surface area (Å²) in [7, 11) is 2.21. The molecule has 1 aromatic heterocycles. The lowest BCUT2D eigenvalue weighted by molar-refractivity contribution is -0.0738. The summed E-state index contributed by atoms with van der Waals surface area (Å²) in [5.41, 5.74) is 0.654. The molecule has 4 saturated carbocycles. The van der Waals surface area contributed by atoms with Crippen LogP contribution in [0.5, 0.6) is 0 Å². The highest BCUT2D eigenvalue weighted by molar-refractivity contribution is 7.09. The van der Waals surface area contributed by atoms with Gasteiger partial charge in [0.25, 0.3) is 0 Å². The zero-order valence-electron chi connectivity index (χ0n) is 12.6.